The zero-order chi connectivity index (χ0) is 51.7. The molecule has 4 N–H and O–H groups in total. The number of aliphatic carboxylic acids is 1. The van der Waals surface area contributed by atoms with Crippen LogP contribution in [0.2, 0.25) is 10.0 Å². The van der Waals surface area contributed by atoms with E-state index in [9.17, 15) is 50.0 Å². The fourth-order valence-corrected chi connectivity index (χ4v) is 7.73. The number of sulfonamides is 1. The number of carbonyl (C=O) groups is 5. The number of nitrogens with one attached hydrogen (secondary N) is 2. The molecule has 0 saturated carbocycles. The van der Waals surface area contributed by atoms with Crippen molar-refractivity contribution in [3.8, 4) is 35.6 Å². The van der Waals surface area contributed by atoms with Crippen molar-refractivity contribution in [1.29, 1.82) is 0 Å². The van der Waals surface area contributed by atoms with Crippen molar-refractivity contribution < 1.29 is 79.1 Å². The number of imide groups is 1. The molecule has 0 radical (unpaired) electrons. The SMILES string of the molecule is C#CC(C)Oc1cc(N2C(=O)C3=C(CCCC3)C2=O)c(F)cc1Cl.COc1cc(OC)nc(NC(=O)NS(=O)(=O)c2nc(C(F)(F)F)ccc2C(=O)O)n1.O=C(O)COc1ccc(Cl)c2cccnc12. The topological polar surface area (TPSA) is 276 Å². The average molecular weight is 1040 g/mol. The number of fused-ring (bicyclic) bond motifs is 1. The van der Waals surface area contributed by atoms with E-state index in [1.165, 1.54) is 31.1 Å². The van der Waals surface area contributed by atoms with E-state index in [1.807, 2.05) is 5.32 Å². The highest BCUT2D eigenvalue weighted by Crippen LogP contribution is 2.40. The number of carboxylic acids is 2. The molecule has 2 aromatic carbocycles. The second kappa shape index (κ2) is 22.5. The zero-order valence-electron chi connectivity index (χ0n) is 36.3. The molecule has 20 nitrogen and oxygen atoms in total. The van der Waals surface area contributed by atoms with Gasteiger partial charge in [0.1, 0.15) is 28.5 Å². The Labute approximate surface area is 403 Å². The number of carboxylic acid groups (broad SMARTS) is 2. The summed E-state index contributed by atoms with van der Waals surface area (Å²) in [5.74, 6) is -2.28. The van der Waals surface area contributed by atoms with Crippen LogP contribution < -0.4 is 33.9 Å². The summed E-state index contributed by atoms with van der Waals surface area (Å²) in [6.45, 7) is 1.24. The number of aromatic nitrogens is 4. The van der Waals surface area contributed by atoms with E-state index in [4.69, 9.17) is 58.8 Å². The molecule has 4 amide bonds. The molecule has 0 fully saturated rings. The third kappa shape index (κ3) is 12.8. The first-order valence-electron chi connectivity index (χ1n) is 19.7. The monoisotopic (exact) mass is 1040 g/mol. The van der Waals surface area contributed by atoms with E-state index in [0.717, 1.165) is 29.2 Å². The zero-order valence-corrected chi connectivity index (χ0v) is 38.6. The van der Waals surface area contributed by atoms with Gasteiger partial charge in [-0.1, -0.05) is 29.1 Å². The number of benzene rings is 2. The van der Waals surface area contributed by atoms with Gasteiger partial charge in [-0.2, -0.15) is 31.6 Å². The summed E-state index contributed by atoms with van der Waals surface area (Å²) >= 11 is 12.0. The molecule has 0 spiro atoms. The minimum absolute atomic E-state index is 0.0233. The molecule has 3 aromatic heterocycles. The van der Waals surface area contributed by atoms with Crippen LogP contribution in [0.3, 0.4) is 0 Å². The van der Waals surface area contributed by atoms with Gasteiger partial charge in [-0.15, -0.1) is 6.42 Å². The number of pyridine rings is 2. The second-order valence-electron chi connectivity index (χ2n) is 14.1. The number of urea groups is 1. The first-order valence-corrected chi connectivity index (χ1v) is 22.0. The number of terminal acetylenes is 1. The maximum atomic E-state index is 14.4. The summed E-state index contributed by atoms with van der Waals surface area (Å²) in [6.07, 6.45) is 4.01. The molecule has 0 bridgehead atoms. The van der Waals surface area contributed by atoms with E-state index in [1.54, 1.807) is 37.4 Å². The van der Waals surface area contributed by atoms with Crippen LogP contribution in [0, 0.1) is 18.2 Å². The van der Waals surface area contributed by atoms with E-state index < -0.39 is 86.7 Å². The molecule has 1 atom stereocenters. The molecular weight excluding hydrogens is 1000 g/mol. The van der Waals surface area contributed by atoms with Crippen molar-refractivity contribution in [3.05, 3.63) is 99.1 Å². The summed E-state index contributed by atoms with van der Waals surface area (Å²) in [4.78, 5) is 73.9. The second-order valence-corrected chi connectivity index (χ2v) is 16.5. The molecule has 1 aliphatic carbocycles. The van der Waals surface area contributed by atoms with Crippen LogP contribution in [0.1, 0.15) is 48.7 Å². The maximum Gasteiger partial charge on any atom is 0.433 e. The number of hydrogen-bond donors (Lipinski definition) is 4. The summed E-state index contributed by atoms with van der Waals surface area (Å²) in [7, 11) is -2.66. The standard InChI is InChI=1S/C18H15ClFNO3.C14H12F3N5O7S.C11H8ClNO3/c1-3-10(2)24-16-9-15(14(20)8-13(16)19)21-17(22)11-6-4-5-7-12(11)18(21)23;1-28-8-5-9(29-2)20-12(19-8)21-13(25)22-30(26,27)10-6(11(23)24)3-4-7(18-10)14(15,16)17;12-8-3-4-9(16-6-10(14)15)11-7(8)2-1-5-13-11/h1,8-10H,4-7H2,2H3;3-5H,1-2H3,(H,23,24)(H2,19,20,21,22,25);1-5H,6H2,(H,14,15). The van der Waals surface area contributed by atoms with Gasteiger partial charge in [-0.05, 0) is 75.1 Å². The van der Waals surface area contributed by atoms with Crippen LogP contribution in [0.15, 0.2) is 77.0 Å². The normalized spacial score (nSPS) is 13.6. The predicted molar refractivity (Wildman–Crippen MR) is 239 cm³/mol. The molecule has 0 saturated heterocycles. The molecule has 1 aliphatic heterocycles. The fourth-order valence-electron chi connectivity index (χ4n) is 6.26. The summed E-state index contributed by atoms with van der Waals surface area (Å²) in [5, 5.41) is 19.3. The Balaban J connectivity index is 0.000000204. The Kier molecular flexibility index (Phi) is 17.1. The Hall–Kier alpha value is -7.82. The van der Waals surface area contributed by atoms with Crippen molar-refractivity contribution in [2.24, 2.45) is 0 Å². The Morgan fingerprint density at radius 1 is 0.914 bits per heavy atom. The highest BCUT2D eigenvalue weighted by Gasteiger charge is 2.41. The van der Waals surface area contributed by atoms with Crippen molar-refractivity contribution in [2.75, 3.05) is 31.0 Å². The number of alkyl halides is 3. The number of anilines is 2. The fraction of sp³-hybridized carbons (Fsp3) is 0.233. The van der Waals surface area contributed by atoms with Crippen LogP contribution in [-0.2, 0) is 30.6 Å². The van der Waals surface area contributed by atoms with Gasteiger partial charge in [0.05, 0.1) is 41.6 Å². The molecule has 4 heterocycles. The summed E-state index contributed by atoms with van der Waals surface area (Å²) in [5.41, 5.74) is -1.38. The van der Waals surface area contributed by atoms with Gasteiger partial charge in [0, 0.05) is 28.8 Å². The molecule has 2 aliphatic rings. The largest absolute Gasteiger partial charge is 0.481 e. The molecule has 7 rings (SSSR count). The molecular formula is C43H35Cl2F4N7O13S. The number of carbonyl (C=O) groups excluding carboxylic acids is 3. The summed E-state index contributed by atoms with van der Waals surface area (Å²) < 4.78 is 99.1. The number of halogens is 6. The quantitative estimate of drug-likeness (QED) is 0.0551. The number of methoxy groups -OCH3 is 2. The number of ether oxygens (including phenoxy) is 4. The molecule has 368 valence electrons. The average Bonchev–Trinajstić information content (AvgIpc) is 3.57. The van der Waals surface area contributed by atoms with Crippen molar-refractivity contribution in [1.82, 2.24) is 24.7 Å². The lowest BCUT2D eigenvalue weighted by Gasteiger charge is -2.19. The number of aromatic carboxylic acids is 1. The highest BCUT2D eigenvalue weighted by atomic mass is 35.5. The lowest BCUT2D eigenvalue weighted by atomic mass is 9.93. The molecule has 5 aromatic rings. The van der Waals surface area contributed by atoms with Crippen molar-refractivity contribution in [3.63, 3.8) is 0 Å². The van der Waals surface area contributed by atoms with Crippen LogP contribution in [0.5, 0.6) is 23.3 Å². The van der Waals surface area contributed by atoms with Crippen LogP contribution in [0.4, 0.5) is 34.0 Å². The van der Waals surface area contributed by atoms with Gasteiger partial charge < -0.3 is 29.2 Å². The van der Waals surface area contributed by atoms with Gasteiger partial charge in [0.15, 0.2) is 17.7 Å². The van der Waals surface area contributed by atoms with Gasteiger partial charge in [0.2, 0.25) is 17.7 Å². The van der Waals surface area contributed by atoms with Crippen LogP contribution >= 0.6 is 23.2 Å². The number of amides is 4. The van der Waals surface area contributed by atoms with Gasteiger partial charge >= 0.3 is 24.1 Å². The number of rotatable bonds is 12. The lowest BCUT2D eigenvalue weighted by Crippen LogP contribution is -2.36. The van der Waals surface area contributed by atoms with Crippen molar-refractivity contribution >= 4 is 85.5 Å². The highest BCUT2D eigenvalue weighted by molar-refractivity contribution is 7.90. The number of hydrogen-bond acceptors (Lipinski definition) is 15. The van der Waals surface area contributed by atoms with Crippen LogP contribution in [0.25, 0.3) is 10.9 Å². The van der Waals surface area contributed by atoms with Gasteiger partial charge in [0.25, 0.3) is 21.8 Å². The van der Waals surface area contributed by atoms with E-state index in [-0.39, 0.29) is 28.2 Å². The van der Waals surface area contributed by atoms with E-state index >= 15 is 0 Å². The van der Waals surface area contributed by atoms with Crippen molar-refractivity contribution in [2.45, 2.75) is 49.9 Å². The smallest absolute Gasteiger partial charge is 0.433 e. The minimum atomic E-state index is -5.14. The van der Waals surface area contributed by atoms with Crippen LogP contribution in [-0.4, -0.2) is 95.3 Å². The third-order valence-electron chi connectivity index (χ3n) is 9.39. The van der Waals surface area contributed by atoms with Gasteiger partial charge in [-0.3, -0.25) is 19.9 Å². The van der Waals surface area contributed by atoms with Gasteiger partial charge in [-0.25, -0.2) is 33.4 Å². The maximum absolute atomic E-state index is 14.4. The number of nitrogens with zero attached hydrogens (tertiary/aromatic N) is 5. The lowest BCUT2D eigenvalue weighted by molar-refractivity contribution is -0.141. The minimum Gasteiger partial charge on any atom is -0.481 e. The summed E-state index contributed by atoms with van der Waals surface area (Å²) in [6, 6.07) is 9.52. The Bertz CT molecular complexity index is 3030. The Morgan fingerprint density at radius 2 is 1.54 bits per heavy atom. The molecule has 70 heavy (non-hydrogen) atoms. The van der Waals surface area contributed by atoms with E-state index in [2.05, 4.69) is 25.9 Å². The third-order valence-corrected chi connectivity index (χ3v) is 11.3. The Morgan fingerprint density at radius 3 is 2.10 bits per heavy atom. The first-order chi connectivity index (χ1) is 33.0. The predicted octanol–water partition coefficient (Wildman–Crippen LogP) is 7.09. The van der Waals surface area contributed by atoms with E-state index in [0.29, 0.717) is 52.4 Å². The first kappa shape index (κ1) is 53.1. The molecule has 1 unspecified atom stereocenters. The molecule has 27 heteroatoms.